The SMILES string of the molecule is CC(C)COc1nc2cnccc2c(=O)[nH]1. The molecule has 2 rings (SSSR count). The highest BCUT2D eigenvalue weighted by molar-refractivity contribution is 5.76. The minimum absolute atomic E-state index is 0.203. The largest absolute Gasteiger partial charge is 0.464 e. The van der Waals surface area contributed by atoms with Crippen LogP contribution < -0.4 is 10.3 Å². The maximum Gasteiger partial charge on any atom is 0.297 e. The maximum atomic E-state index is 11.6. The molecular formula is C11H13N3O2. The van der Waals surface area contributed by atoms with E-state index in [-0.39, 0.29) is 11.6 Å². The summed E-state index contributed by atoms with van der Waals surface area (Å²) in [6.45, 7) is 4.58. The number of fused-ring (bicyclic) bond motifs is 1. The molecule has 0 fully saturated rings. The fourth-order valence-electron chi connectivity index (χ4n) is 1.28. The monoisotopic (exact) mass is 219 g/mol. The van der Waals surface area contributed by atoms with E-state index in [1.54, 1.807) is 18.5 Å². The second kappa shape index (κ2) is 4.30. The summed E-state index contributed by atoms with van der Waals surface area (Å²) in [5, 5.41) is 0.520. The molecule has 0 aliphatic carbocycles. The standard InChI is InChI=1S/C11H13N3O2/c1-7(2)6-16-11-13-9-5-12-4-3-8(9)10(15)14-11/h3-5,7H,6H2,1-2H3,(H,13,14,15). The maximum absolute atomic E-state index is 11.6. The molecule has 16 heavy (non-hydrogen) atoms. The van der Waals surface area contributed by atoms with Gasteiger partial charge in [-0.2, -0.15) is 4.98 Å². The molecule has 2 aromatic rings. The van der Waals surface area contributed by atoms with Crippen molar-refractivity contribution in [2.75, 3.05) is 6.61 Å². The van der Waals surface area contributed by atoms with Crippen molar-refractivity contribution in [3.05, 3.63) is 28.8 Å². The molecule has 5 heteroatoms. The predicted molar refractivity (Wildman–Crippen MR) is 60.5 cm³/mol. The van der Waals surface area contributed by atoms with Gasteiger partial charge in [0.1, 0.15) is 0 Å². The van der Waals surface area contributed by atoms with E-state index in [0.29, 0.717) is 23.4 Å². The lowest BCUT2D eigenvalue weighted by Gasteiger charge is -2.07. The average Bonchev–Trinajstić information content (AvgIpc) is 2.26. The van der Waals surface area contributed by atoms with E-state index in [0.717, 1.165) is 0 Å². The van der Waals surface area contributed by atoms with Crippen LogP contribution in [0.5, 0.6) is 6.01 Å². The van der Waals surface area contributed by atoms with Gasteiger partial charge in [0.2, 0.25) is 0 Å². The van der Waals surface area contributed by atoms with Crippen LogP contribution in [-0.4, -0.2) is 21.6 Å². The van der Waals surface area contributed by atoms with E-state index < -0.39 is 0 Å². The van der Waals surface area contributed by atoms with Gasteiger partial charge in [0.15, 0.2) is 0 Å². The van der Waals surface area contributed by atoms with Crippen LogP contribution in [0.2, 0.25) is 0 Å². The Morgan fingerprint density at radius 2 is 2.31 bits per heavy atom. The third-order valence-electron chi connectivity index (χ3n) is 2.04. The Morgan fingerprint density at radius 1 is 1.50 bits per heavy atom. The fraction of sp³-hybridized carbons (Fsp3) is 0.364. The third-order valence-corrected chi connectivity index (χ3v) is 2.04. The van der Waals surface area contributed by atoms with Crippen LogP contribution >= 0.6 is 0 Å². The van der Waals surface area contributed by atoms with Gasteiger partial charge in [0.05, 0.1) is 23.7 Å². The van der Waals surface area contributed by atoms with Crippen LogP contribution in [-0.2, 0) is 0 Å². The quantitative estimate of drug-likeness (QED) is 0.846. The molecule has 0 atom stereocenters. The summed E-state index contributed by atoms with van der Waals surface area (Å²) in [5.74, 6) is 0.384. The summed E-state index contributed by atoms with van der Waals surface area (Å²) in [7, 11) is 0. The Hall–Kier alpha value is -1.91. The van der Waals surface area contributed by atoms with E-state index in [2.05, 4.69) is 15.0 Å². The summed E-state index contributed by atoms with van der Waals surface area (Å²) in [4.78, 5) is 22.3. The zero-order valence-electron chi connectivity index (χ0n) is 9.23. The Bertz CT molecular complexity index is 548. The first-order chi connectivity index (χ1) is 7.66. The van der Waals surface area contributed by atoms with Gasteiger partial charge in [-0.05, 0) is 12.0 Å². The normalized spacial score (nSPS) is 10.9. The Balaban J connectivity index is 2.38. The van der Waals surface area contributed by atoms with Crippen LogP contribution in [0, 0.1) is 5.92 Å². The summed E-state index contributed by atoms with van der Waals surface area (Å²) in [6.07, 6.45) is 3.11. The molecule has 0 unspecified atom stereocenters. The smallest absolute Gasteiger partial charge is 0.297 e. The topological polar surface area (TPSA) is 67.9 Å². The van der Waals surface area contributed by atoms with Crippen molar-refractivity contribution in [3.63, 3.8) is 0 Å². The molecule has 0 amide bonds. The zero-order chi connectivity index (χ0) is 11.5. The van der Waals surface area contributed by atoms with Crippen LogP contribution in [0.1, 0.15) is 13.8 Å². The number of hydrogen-bond acceptors (Lipinski definition) is 4. The molecule has 2 heterocycles. The van der Waals surface area contributed by atoms with Crippen LogP contribution in [0.4, 0.5) is 0 Å². The van der Waals surface area contributed by atoms with Gasteiger partial charge in [-0.1, -0.05) is 13.8 Å². The molecule has 0 aromatic carbocycles. The molecule has 0 saturated carbocycles. The number of H-pyrrole nitrogens is 1. The fourth-order valence-corrected chi connectivity index (χ4v) is 1.28. The second-order valence-electron chi connectivity index (χ2n) is 3.97. The third kappa shape index (κ3) is 2.18. The van der Waals surface area contributed by atoms with Gasteiger partial charge >= 0.3 is 0 Å². The zero-order valence-corrected chi connectivity index (χ0v) is 9.23. The molecule has 1 N–H and O–H groups in total. The lowest BCUT2D eigenvalue weighted by Crippen LogP contribution is -2.13. The molecule has 2 aromatic heterocycles. The van der Waals surface area contributed by atoms with Crippen molar-refractivity contribution in [1.29, 1.82) is 0 Å². The van der Waals surface area contributed by atoms with Crippen molar-refractivity contribution in [3.8, 4) is 6.01 Å². The van der Waals surface area contributed by atoms with Gasteiger partial charge in [0.25, 0.3) is 11.6 Å². The number of aromatic amines is 1. The first-order valence-electron chi connectivity index (χ1n) is 5.13. The number of ether oxygens (including phenoxy) is 1. The first-order valence-corrected chi connectivity index (χ1v) is 5.13. The van der Waals surface area contributed by atoms with Crippen LogP contribution in [0.3, 0.4) is 0 Å². The highest BCUT2D eigenvalue weighted by Gasteiger charge is 2.04. The summed E-state index contributed by atoms with van der Waals surface area (Å²) in [5.41, 5.74) is 0.344. The molecule has 0 spiro atoms. The Morgan fingerprint density at radius 3 is 3.06 bits per heavy atom. The number of aromatic nitrogens is 3. The van der Waals surface area contributed by atoms with Gasteiger partial charge in [0, 0.05) is 6.20 Å². The van der Waals surface area contributed by atoms with Crippen molar-refractivity contribution < 1.29 is 4.74 Å². The molecule has 0 radical (unpaired) electrons. The minimum atomic E-state index is -0.203. The summed E-state index contributed by atoms with van der Waals surface area (Å²) >= 11 is 0. The van der Waals surface area contributed by atoms with Crippen LogP contribution in [0.25, 0.3) is 10.9 Å². The second-order valence-corrected chi connectivity index (χ2v) is 3.97. The van der Waals surface area contributed by atoms with E-state index in [1.165, 1.54) is 0 Å². The number of rotatable bonds is 3. The predicted octanol–water partition coefficient (Wildman–Crippen LogP) is 1.35. The van der Waals surface area contributed by atoms with Gasteiger partial charge in [-0.15, -0.1) is 0 Å². The van der Waals surface area contributed by atoms with Crippen molar-refractivity contribution in [1.82, 2.24) is 15.0 Å². The van der Waals surface area contributed by atoms with E-state index >= 15 is 0 Å². The van der Waals surface area contributed by atoms with Crippen molar-refractivity contribution in [2.45, 2.75) is 13.8 Å². The van der Waals surface area contributed by atoms with Crippen molar-refractivity contribution >= 4 is 10.9 Å². The Kier molecular flexibility index (Phi) is 2.85. The van der Waals surface area contributed by atoms with Gasteiger partial charge in [-0.25, -0.2) is 0 Å². The first kappa shape index (κ1) is 10.6. The van der Waals surface area contributed by atoms with E-state index in [1.807, 2.05) is 13.8 Å². The number of nitrogens with zero attached hydrogens (tertiary/aromatic N) is 2. The minimum Gasteiger partial charge on any atom is -0.464 e. The van der Waals surface area contributed by atoms with E-state index in [9.17, 15) is 4.79 Å². The summed E-state index contributed by atoms with van der Waals surface area (Å²) in [6, 6.07) is 1.88. The number of pyridine rings is 1. The van der Waals surface area contributed by atoms with Crippen molar-refractivity contribution in [2.24, 2.45) is 5.92 Å². The van der Waals surface area contributed by atoms with E-state index in [4.69, 9.17) is 4.74 Å². The van der Waals surface area contributed by atoms with Gasteiger partial charge < -0.3 is 4.74 Å². The average molecular weight is 219 g/mol. The molecule has 0 aliphatic rings. The molecule has 84 valence electrons. The molecule has 5 nitrogen and oxygen atoms in total. The molecular weight excluding hydrogens is 206 g/mol. The summed E-state index contributed by atoms with van der Waals surface area (Å²) < 4.78 is 5.36. The Labute approximate surface area is 92.5 Å². The number of hydrogen-bond donors (Lipinski definition) is 1. The lowest BCUT2D eigenvalue weighted by atomic mass is 10.2. The molecule has 0 aliphatic heterocycles. The highest BCUT2D eigenvalue weighted by Crippen LogP contribution is 2.08. The molecule has 0 bridgehead atoms. The lowest BCUT2D eigenvalue weighted by molar-refractivity contribution is 0.251. The highest BCUT2D eigenvalue weighted by atomic mass is 16.5. The van der Waals surface area contributed by atoms with Gasteiger partial charge in [-0.3, -0.25) is 14.8 Å². The van der Waals surface area contributed by atoms with Crippen LogP contribution in [0.15, 0.2) is 23.3 Å². The number of nitrogens with one attached hydrogen (secondary N) is 1. The molecule has 0 saturated heterocycles.